The lowest BCUT2D eigenvalue weighted by Gasteiger charge is -2.37. The summed E-state index contributed by atoms with van der Waals surface area (Å²) < 4.78 is 5.22. The largest absolute Gasteiger partial charge is 0.388 e. The second kappa shape index (κ2) is 5.55. The maximum Gasteiger partial charge on any atom is 0.239 e. The molecule has 1 rings (SSSR count). The molecule has 0 radical (unpaired) electrons. The fourth-order valence-corrected chi connectivity index (χ4v) is 2.04. The molecule has 18 heavy (non-hydrogen) atoms. The summed E-state index contributed by atoms with van der Waals surface area (Å²) in [5.74, 6) is -0.123. The van der Waals surface area contributed by atoms with Gasteiger partial charge < -0.3 is 20.5 Å². The third kappa shape index (κ3) is 3.93. The number of carbonyl (C=O) groups excluding carboxylic acids is 1. The Kier molecular flexibility index (Phi) is 4.75. The molecule has 1 aliphatic rings. The van der Waals surface area contributed by atoms with Gasteiger partial charge in [0.2, 0.25) is 5.91 Å². The number of likely N-dealkylation sites (N-methyl/N-ethyl adjacent to an activating group) is 1. The number of hydrogen-bond acceptors (Lipinski definition) is 4. The van der Waals surface area contributed by atoms with Crippen LogP contribution in [0.1, 0.15) is 33.6 Å². The number of hydrogen-bond donors (Lipinski definition) is 2. The highest BCUT2D eigenvalue weighted by atomic mass is 16.5. The molecule has 0 aromatic rings. The minimum atomic E-state index is -0.833. The molecule has 1 atom stereocenters. The van der Waals surface area contributed by atoms with Gasteiger partial charge in [0.05, 0.1) is 11.6 Å². The van der Waals surface area contributed by atoms with E-state index in [9.17, 15) is 9.90 Å². The molecule has 1 amide bonds. The summed E-state index contributed by atoms with van der Waals surface area (Å²) in [7, 11) is 1.70. The van der Waals surface area contributed by atoms with E-state index in [4.69, 9.17) is 10.5 Å². The van der Waals surface area contributed by atoms with E-state index in [1.165, 1.54) is 0 Å². The average Bonchev–Trinajstić information content (AvgIpc) is 2.26. The molecule has 0 saturated carbocycles. The lowest BCUT2D eigenvalue weighted by atomic mass is 9.86. The summed E-state index contributed by atoms with van der Waals surface area (Å²) >= 11 is 0. The highest BCUT2D eigenvalue weighted by Gasteiger charge is 2.35. The fourth-order valence-electron chi connectivity index (χ4n) is 2.04. The number of aliphatic hydroxyl groups is 1. The van der Waals surface area contributed by atoms with Gasteiger partial charge in [-0.1, -0.05) is 20.8 Å². The van der Waals surface area contributed by atoms with Crippen molar-refractivity contribution in [1.29, 1.82) is 0 Å². The SMILES string of the molecule is CN(CC1(O)CCOCC1)C(=O)C(N)C(C)(C)C. The van der Waals surface area contributed by atoms with Crippen molar-refractivity contribution in [3.63, 3.8) is 0 Å². The fraction of sp³-hybridized carbons (Fsp3) is 0.923. The van der Waals surface area contributed by atoms with Crippen LogP contribution in [0.4, 0.5) is 0 Å². The zero-order valence-corrected chi connectivity index (χ0v) is 11.9. The van der Waals surface area contributed by atoms with Crippen LogP contribution >= 0.6 is 0 Å². The molecule has 3 N–H and O–H groups in total. The van der Waals surface area contributed by atoms with Gasteiger partial charge in [-0.05, 0) is 5.41 Å². The van der Waals surface area contributed by atoms with Gasteiger partial charge in [-0.2, -0.15) is 0 Å². The number of ether oxygens (including phenoxy) is 1. The zero-order chi connectivity index (χ0) is 14.0. The number of amides is 1. The summed E-state index contributed by atoms with van der Waals surface area (Å²) in [6.07, 6.45) is 1.13. The molecular formula is C13H26N2O3. The number of rotatable bonds is 3. The Morgan fingerprint density at radius 2 is 1.94 bits per heavy atom. The second-order valence-corrected chi connectivity index (χ2v) is 6.37. The van der Waals surface area contributed by atoms with Crippen molar-refractivity contribution in [2.45, 2.75) is 45.3 Å². The van der Waals surface area contributed by atoms with Crippen LogP contribution in [0.5, 0.6) is 0 Å². The third-order valence-corrected chi connectivity index (χ3v) is 3.53. The van der Waals surface area contributed by atoms with E-state index < -0.39 is 11.6 Å². The van der Waals surface area contributed by atoms with Crippen LogP contribution in [0.25, 0.3) is 0 Å². The molecule has 5 nitrogen and oxygen atoms in total. The van der Waals surface area contributed by atoms with Crippen molar-refractivity contribution in [2.75, 3.05) is 26.8 Å². The molecule has 0 aromatic carbocycles. The van der Waals surface area contributed by atoms with Crippen molar-refractivity contribution < 1.29 is 14.6 Å². The predicted molar refractivity (Wildman–Crippen MR) is 70.1 cm³/mol. The van der Waals surface area contributed by atoms with E-state index in [1.807, 2.05) is 20.8 Å². The van der Waals surface area contributed by atoms with E-state index in [0.29, 0.717) is 32.6 Å². The maximum absolute atomic E-state index is 12.2. The van der Waals surface area contributed by atoms with Crippen LogP contribution < -0.4 is 5.73 Å². The van der Waals surface area contributed by atoms with Gasteiger partial charge >= 0.3 is 0 Å². The number of carbonyl (C=O) groups is 1. The average molecular weight is 258 g/mol. The van der Waals surface area contributed by atoms with Gasteiger partial charge in [0.25, 0.3) is 0 Å². The Balaban J connectivity index is 2.59. The van der Waals surface area contributed by atoms with Crippen LogP contribution in [0.3, 0.4) is 0 Å². The molecule has 5 heteroatoms. The van der Waals surface area contributed by atoms with Gasteiger partial charge in [0.1, 0.15) is 0 Å². The van der Waals surface area contributed by atoms with E-state index in [1.54, 1.807) is 11.9 Å². The molecule has 1 heterocycles. The van der Waals surface area contributed by atoms with E-state index in [2.05, 4.69) is 0 Å². The number of nitrogens with zero attached hydrogens (tertiary/aromatic N) is 1. The summed E-state index contributed by atoms with van der Waals surface area (Å²) in [4.78, 5) is 13.7. The lowest BCUT2D eigenvalue weighted by molar-refractivity contribution is -0.140. The Labute approximate surface area is 109 Å². The van der Waals surface area contributed by atoms with Crippen molar-refractivity contribution in [2.24, 2.45) is 11.1 Å². The second-order valence-electron chi connectivity index (χ2n) is 6.37. The van der Waals surface area contributed by atoms with Gasteiger partial charge in [0, 0.05) is 39.6 Å². The molecule has 0 aromatic heterocycles. The first-order chi connectivity index (χ1) is 8.16. The van der Waals surface area contributed by atoms with E-state index >= 15 is 0 Å². The molecule has 1 fully saturated rings. The van der Waals surface area contributed by atoms with E-state index in [0.717, 1.165) is 0 Å². The van der Waals surface area contributed by atoms with Crippen molar-refractivity contribution in [1.82, 2.24) is 4.90 Å². The van der Waals surface area contributed by atoms with Gasteiger partial charge in [-0.3, -0.25) is 4.79 Å². The van der Waals surface area contributed by atoms with Crippen LogP contribution in [0, 0.1) is 5.41 Å². The molecule has 0 bridgehead atoms. The maximum atomic E-state index is 12.2. The zero-order valence-electron chi connectivity index (χ0n) is 11.9. The molecule has 0 spiro atoms. The normalized spacial score (nSPS) is 21.4. The van der Waals surface area contributed by atoms with Gasteiger partial charge in [-0.15, -0.1) is 0 Å². The first kappa shape index (κ1) is 15.4. The third-order valence-electron chi connectivity index (χ3n) is 3.53. The predicted octanol–water partition coefficient (Wildman–Crippen LogP) is 0.360. The molecule has 0 aliphatic carbocycles. The van der Waals surface area contributed by atoms with E-state index in [-0.39, 0.29) is 11.3 Å². The summed E-state index contributed by atoms with van der Waals surface area (Å²) in [5.41, 5.74) is 4.84. The van der Waals surface area contributed by atoms with Crippen molar-refractivity contribution in [3.8, 4) is 0 Å². The number of nitrogens with two attached hydrogens (primary N) is 1. The minimum Gasteiger partial charge on any atom is -0.388 e. The van der Waals surface area contributed by atoms with Crippen LogP contribution in [0.2, 0.25) is 0 Å². The van der Waals surface area contributed by atoms with Crippen molar-refractivity contribution >= 4 is 5.91 Å². The molecule has 1 saturated heterocycles. The van der Waals surface area contributed by atoms with Gasteiger partial charge in [0.15, 0.2) is 0 Å². The Morgan fingerprint density at radius 3 is 2.39 bits per heavy atom. The quantitative estimate of drug-likeness (QED) is 0.766. The Morgan fingerprint density at radius 1 is 1.44 bits per heavy atom. The van der Waals surface area contributed by atoms with Crippen molar-refractivity contribution in [3.05, 3.63) is 0 Å². The highest BCUT2D eigenvalue weighted by molar-refractivity contribution is 5.82. The Hall–Kier alpha value is -0.650. The molecular weight excluding hydrogens is 232 g/mol. The lowest BCUT2D eigenvalue weighted by Crippen LogP contribution is -2.54. The standard InChI is InChI=1S/C13H26N2O3/c1-12(2,3)10(14)11(16)15(4)9-13(17)5-7-18-8-6-13/h10,17H,5-9,14H2,1-4H3. The van der Waals surface area contributed by atoms with Crippen LogP contribution in [-0.2, 0) is 9.53 Å². The smallest absolute Gasteiger partial charge is 0.239 e. The molecule has 106 valence electrons. The molecule has 1 unspecified atom stereocenters. The Bertz CT molecular complexity index is 293. The van der Waals surface area contributed by atoms with Crippen LogP contribution in [0.15, 0.2) is 0 Å². The summed E-state index contributed by atoms with van der Waals surface area (Å²) in [6, 6.07) is -0.550. The first-order valence-electron chi connectivity index (χ1n) is 6.46. The molecule has 1 aliphatic heterocycles. The summed E-state index contributed by atoms with van der Waals surface area (Å²) in [5, 5.41) is 10.4. The van der Waals surface area contributed by atoms with Gasteiger partial charge in [-0.25, -0.2) is 0 Å². The van der Waals surface area contributed by atoms with Crippen LogP contribution in [-0.4, -0.2) is 54.4 Å². The minimum absolute atomic E-state index is 0.123. The topological polar surface area (TPSA) is 75.8 Å². The summed E-state index contributed by atoms with van der Waals surface area (Å²) in [6.45, 7) is 7.22. The first-order valence-corrected chi connectivity index (χ1v) is 6.46. The monoisotopic (exact) mass is 258 g/mol. The highest BCUT2D eigenvalue weighted by Crippen LogP contribution is 2.23.